The van der Waals surface area contributed by atoms with Crippen LogP contribution in [0.2, 0.25) is 0 Å². The van der Waals surface area contributed by atoms with Gasteiger partial charge in [-0.25, -0.2) is 0 Å². The van der Waals surface area contributed by atoms with Crippen molar-refractivity contribution in [3.63, 3.8) is 0 Å². The fourth-order valence-electron chi connectivity index (χ4n) is 1.15. The van der Waals surface area contributed by atoms with Crippen molar-refractivity contribution in [2.24, 2.45) is 5.92 Å². The Bertz CT molecular complexity index is 329. The lowest BCUT2D eigenvalue weighted by Crippen LogP contribution is -2.13. The first-order valence-corrected chi connectivity index (χ1v) is 6.17. The van der Waals surface area contributed by atoms with Crippen LogP contribution in [0.15, 0.2) is 24.0 Å². The molecule has 0 rings (SSSR count). The van der Waals surface area contributed by atoms with Gasteiger partial charge in [0.15, 0.2) is 0 Å². The SMILES string of the molecule is CCCCOC(=O)C(C)C=CC=C(C)OC(C)=O. The van der Waals surface area contributed by atoms with Gasteiger partial charge in [0.1, 0.15) is 5.76 Å². The average molecular weight is 254 g/mol. The number of esters is 2. The summed E-state index contributed by atoms with van der Waals surface area (Å²) < 4.78 is 9.90. The van der Waals surface area contributed by atoms with Gasteiger partial charge >= 0.3 is 11.9 Å². The van der Waals surface area contributed by atoms with Gasteiger partial charge in [0.25, 0.3) is 0 Å². The Morgan fingerprint density at radius 1 is 1.28 bits per heavy atom. The first kappa shape index (κ1) is 16.4. The maximum Gasteiger partial charge on any atom is 0.312 e. The molecule has 4 nitrogen and oxygen atoms in total. The zero-order valence-electron chi connectivity index (χ0n) is 11.6. The summed E-state index contributed by atoms with van der Waals surface area (Å²) in [6.45, 7) is 7.29. The fraction of sp³-hybridized carbons (Fsp3) is 0.571. The molecular weight excluding hydrogens is 232 g/mol. The van der Waals surface area contributed by atoms with Crippen LogP contribution in [0.4, 0.5) is 0 Å². The van der Waals surface area contributed by atoms with Crippen molar-refractivity contribution >= 4 is 11.9 Å². The molecule has 0 heterocycles. The lowest BCUT2D eigenvalue weighted by atomic mass is 10.1. The van der Waals surface area contributed by atoms with Crippen molar-refractivity contribution in [3.8, 4) is 0 Å². The van der Waals surface area contributed by atoms with Gasteiger partial charge in [0.05, 0.1) is 12.5 Å². The van der Waals surface area contributed by atoms with Gasteiger partial charge in [0.2, 0.25) is 0 Å². The molecule has 0 spiro atoms. The van der Waals surface area contributed by atoms with E-state index in [0.29, 0.717) is 12.4 Å². The van der Waals surface area contributed by atoms with E-state index in [1.54, 1.807) is 32.1 Å². The van der Waals surface area contributed by atoms with Crippen LogP contribution in [-0.2, 0) is 19.1 Å². The van der Waals surface area contributed by atoms with Crippen LogP contribution < -0.4 is 0 Å². The summed E-state index contributed by atoms with van der Waals surface area (Å²) in [5.74, 6) is -0.407. The van der Waals surface area contributed by atoms with Gasteiger partial charge in [0, 0.05) is 6.92 Å². The standard InChI is InChI=1S/C14H22O4/c1-5-6-10-17-14(16)11(2)8-7-9-12(3)18-13(4)15/h7-9,11H,5-6,10H2,1-4H3. The number of ether oxygens (including phenoxy) is 2. The van der Waals surface area contributed by atoms with Crippen molar-refractivity contribution in [1.82, 2.24) is 0 Å². The van der Waals surface area contributed by atoms with Crippen LogP contribution >= 0.6 is 0 Å². The van der Waals surface area contributed by atoms with Gasteiger partial charge in [-0.1, -0.05) is 25.5 Å². The molecule has 0 aromatic heterocycles. The highest BCUT2D eigenvalue weighted by Gasteiger charge is 2.09. The molecule has 18 heavy (non-hydrogen) atoms. The van der Waals surface area contributed by atoms with Crippen LogP contribution in [0, 0.1) is 5.92 Å². The van der Waals surface area contributed by atoms with E-state index in [4.69, 9.17) is 9.47 Å². The van der Waals surface area contributed by atoms with E-state index in [1.807, 2.05) is 6.92 Å². The Hall–Kier alpha value is -1.58. The third-order valence-corrected chi connectivity index (χ3v) is 2.15. The average Bonchev–Trinajstić information content (AvgIpc) is 2.28. The molecule has 0 aliphatic carbocycles. The fourth-order valence-corrected chi connectivity index (χ4v) is 1.15. The second kappa shape index (κ2) is 9.45. The Labute approximate surface area is 109 Å². The molecule has 0 N–H and O–H groups in total. The topological polar surface area (TPSA) is 52.6 Å². The lowest BCUT2D eigenvalue weighted by Gasteiger charge is -2.06. The highest BCUT2D eigenvalue weighted by molar-refractivity contribution is 5.74. The summed E-state index contributed by atoms with van der Waals surface area (Å²) in [4.78, 5) is 22.1. The third-order valence-electron chi connectivity index (χ3n) is 2.15. The molecule has 0 amide bonds. The van der Waals surface area contributed by atoms with Gasteiger partial charge < -0.3 is 9.47 Å². The zero-order valence-corrected chi connectivity index (χ0v) is 11.6. The van der Waals surface area contributed by atoms with Gasteiger partial charge in [-0.15, -0.1) is 0 Å². The molecular formula is C14H22O4. The predicted octanol–water partition coefficient (Wildman–Crippen LogP) is 2.99. The Morgan fingerprint density at radius 2 is 1.94 bits per heavy atom. The zero-order chi connectivity index (χ0) is 14.0. The van der Waals surface area contributed by atoms with Gasteiger partial charge in [-0.05, 0) is 26.3 Å². The number of hydrogen-bond donors (Lipinski definition) is 0. The van der Waals surface area contributed by atoms with E-state index < -0.39 is 0 Å². The summed E-state index contributed by atoms with van der Waals surface area (Å²) in [7, 11) is 0. The third kappa shape index (κ3) is 8.56. The van der Waals surface area contributed by atoms with E-state index in [2.05, 4.69) is 0 Å². The minimum absolute atomic E-state index is 0.238. The number of allylic oxidation sites excluding steroid dienone is 3. The van der Waals surface area contributed by atoms with Crippen LogP contribution in [0.1, 0.15) is 40.5 Å². The minimum Gasteiger partial charge on any atom is -0.465 e. The minimum atomic E-state index is -0.357. The van der Waals surface area contributed by atoms with Crippen molar-refractivity contribution in [2.45, 2.75) is 40.5 Å². The number of carbonyl (C=O) groups excluding carboxylic acids is 2. The van der Waals surface area contributed by atoms with Gasteiger partial charge in [-0.2, -0.15) is 0 Å². The number of unbranched alkanes of at least 4 members (excludes halogenated alkanes) is 1. The molecule has 0 bridgehead atoms. The molecule has 0 aromatic carbocycles. The summed E-state index contributed by atoms with van der Waals surface area (Å²) in [6.07, 6.45) is 6.91. The molecule has 0 saturated carbocycles. The van der Waals surface area contributed by atoms with E-state index in [0.717, 1.165) is 12.8 Å². The maximum absolute atomic E-state index is 11.5. The monoisotopic (exact) mass is 254 g/mol. The second-order valence-corrected chi connectivity index (χ2v) is 4.07. The van der Waals surface area contributed by atoms with Crippen LogP contribution in [0.25, 0.3) is 0 Å². The van der Waals surface area contributed by atoms with Crippen molar-refractivity contribution < 1.29 is 19.1 Å². The molecule has 0 radical (unpaired) electrons. The van der Waals surface area contributed by atoms with Crippen LogP contribution in [0.5, 0.6) is 0 Å². The van der Waals surface area contributed by atoms with Crippen molar-refractivity contribution in [2.75, 3.05) is 6.61 Å². The highest BCUT2D eigenvalue weighted by atomic mass is 16.5. The van der Waals surface area contributed by atoms with E-state index >= 15 is 0 Å². The van der Waals surface area contributed by atoms with Crippen molar-refractivity contribution in [3.05, 3.63) is 24.0 Å². The molecule has 0 fully saturated rings. The number of rotatable bonds is 7. The Kier molecular flexibility index (Phi) is 8.62. The predicted molar refractivity (Wildman–Crippen MR) is 69.7 cm³/mol. The number of carbonyl (C=O) groups is 2. The normalized spacial score (nSPS) is 13.4. The summed E-state index contributed by atoms with van der Waals surface area (Å²) in [5.41, 5.74) is 0. The molecule has 102 valence electrons. The Balaban J connectivity index is 4.09. The highest BCUT2D eigenvalue weighted by Crippen LogP contribution is 2.04. The van der Waals surface area contributed by atoms with Crippen LogP contribution in [-0.4, -0.2) is 18.5 Å². The number of hydrogen-bond acceptors (Lipinski definition) is 4. The summed E-state index contributed by atoms with van der Waals surface area (Å²) in [6, 6.07) is 0. The van der Waals surface area contributed by atoms with E-state index in [1.165, 1.54) is 6.92 Å². The molecule has 4 heteroatoms. The molecule has 0 aliphatic heterocycles. The quantitative estimate of drug-likeness (QED) is 0.303. The Morgan fingerprint density at radius 3 is 2.50 bits per heavy atom. The molecule has 0 aromatic rings. The van der Waals surface area contributed by atoms with Crippen molar-refractivity contribution in [1.29, 1.82) is 0 Å². The van der Waals surface area contributed by atoms with E-state index in [-0.39, 0.29) is 17.9 Å². The van der Waals surface area contributed by atoms with E-state index in [9.17, 15) is 9.59 Å². The second-order valence-electron chi connectivity index (χ2n) is 4.07. The smallest absolute Gasteiger partial charge is 0.312 e. The molecule has 1 unspecified atom stereocenters. The molecule has 0 saturated heterocycles. The molecule has 1 atom stereocenters. The first-order chi connectivity index (χ1) is 8.47. The van der Waals surface area contributed by atoms with Gasteiger partial charge in [-0.3, -0.25) is 9.59 Å². The lowest BCUT2D eigenvalue weighted by molar-refractivity contribution is -0.146. The summed E-state index contributed by atoms with van der Waals surface area (Å²) >= 11 is 0. The molecule has 0 aliphatic rings. The first-order valence-electron chi connectivity index (χ1n) is 6.17. The maximum atomic E-state index is 11.5. The summed E-state index contributed by atoms with van der Waals surface area (Å²) in [5, 5.41) is 0. The van der Waals surface area contributed by atoms with Crippen LogP contribution in [0.3, 0.4) is 0 Å². The largest absolute Gasteiger partial charge is 0.465 e.